The molecule has 2 aromatic rings. The molecule has 2 rings (SSSR count). The van der Waals surface area contributed by atoms with Crippen molar-refractivity contribution in [1.29, 1.82) is 0 Å². The fraction of sp³-hybridized carbons (Fsp3) is 0.0909. The maximum atomic E-state index is 11.7. The van der Waals surface area contributed by atoms with Gasteiger partial charge < -0.3 is 5.32 Å². The van der Waals surface area contributed by atoms with Crippen molar-refractivity contribution in [2.75, 3.05) is 10.6 Å². The monoisotopic (exact) mass is 278 g/mol. The van der Waals surface area contributed by atoms with Crippen LogP contribution in [0.2, 0.25) is 0 Å². The number of carbonyl (C=O) groups is 1. The van der Waals surface area contributed by atoms with Crippen molar-refractivity contribution in [3.8, 4) is 0 Å². The minimum Gasteiger partial charge on any atom is -0.302 e. The molecule has 0 unspecified atom stereocenters. The number of nitro groups is 1. The fourth-order valence-corrected chi connectivity index (χ4v) is 1.96. The summed E-state index contributed by atoms with van der Waals surface area (Å²) in [5.74, 6) is 0. The Kier molecular flexibility index (Phi) is 3.71. The standard InChI is InChI=1S/C11H10N4O3S/c1-7-2-3-8(9(6-7)15(17)18)13-10(16)14-11-12-4-5-19-11/h2-6H,1H3,(H2,12,13,14,16). The van der Waals surface area contributed by atoms with Crippen LogP contribution in [0.4, 0.5) is 21.3 Å². The molecule has 2 amide bonds. The highest BCUT2D eigenvalue weighted by Crippen LogP contribution is 2.25. The van der Waals surface area contributed by atoms with E-state index in [0.29, 0.717) is 5.13 Å². The van der Waals surface area contributed by atoms with Gasteiger partial charge in [-0.15, -0.1) is 11.3 Å². The third-order valence-electron chi connectivity index (χ3n) is 2.25. The number of urea groups is 1. The van der Waals surface area contributed by atoms with Gasteiger partial charge in [0.05, 0.1) is 4.92 Å². The van der Waals surface area contributed by atoms with Gasteiger partial charge in [0.2, 0.25) is 0 Å². The van der Waals surface area contributed by atoms with Crippen LogP contribution in [0.15, 0.2) is 29.8 Å². The van der Waals surface area contributed by atoms with Crippen LogP contribution in [0.1, 0.15) is 5.56 Å². The second kappa shape index (κ2) is 5.44. The highest BCUT2D eigenvalue weighted by atomic mass is 32.1. The van der Waals surface area contributed by atoms with Crippen LogP contribution in [0.25, 0.3) is 0 Å². The van der Waals surface area contributed by atoms with Gasteiger partial charge in [0.25, 0.3) is 5.69 Å². The lowest BCUT2D eigenvalue weighted by Gasteiger charge is -2.06. The van der Waals surface area contributed by atoms with E-state index in [0.717, 1.165) is 5.56 Å². The molecular formula is C11H10N4O3S. The summed E-state index contributed by atoms with van der Waals surface area (Å²) in [7, 11) is 0. The topological polar surface area (TPSA) is 97.2 Å². The summed E-state index contributed by atoms with van der Waals surface area (Å²) in [5, 5.41) is 17.9. The number of carbonyl (C=O) groups excluding carboxylic acids is 1. The van der Waals surface area contributed by atoms with Crippen LogP contribution in [-0.4, -0.2) is 15.9 Å². The van der Waals surface area contributed by atoms with Crippen LogP contribution in [0.3, 0.4) is 0 Å². The lowest BCUT2D eigenvalue weighted by molar-refractivity contribution is -0.384. The van der Waals surface area contributed by atoms with E-state index >= 15 is 0 Å². The Morgan fingerprint density at radius 3 is 2.84 bits per heavy atom. The third kappa shape index (κ3) is 3.26. The van der Waals surface area contributed by atoms with Gasteiger partial charge in [-0.1, -0.05) is 6.07 Å². The molecule has 8 heteroatoms. The van der Waals surface area contributed by atoms with E-state index in [9.17, 15) is 14.9 Å². The Morgan fingerprint density at radius 2 is 2.21 bits per heavy atom. The molecule has 0 aliphatic carbocycles. The molecule has 0 radical (unpaired) electrons. The van der Waals surface area contributed by atoms with E-state index in [1.54, 1.807) is 24.6 Å². The largest absolute Gasteiger partial charge is 0.325 e. The van der Waals surface area contributed by atoms with Crippen molar-refractivity contribution >= 4 is 33.9 Å². The molecule has 1 heterocycles. The number of amides is 2. The molecular weight excluding hydrogens is 268 g/mol. The number of rotatable bonds is 3. The predicted octanol–water partition coefficient (Wildman–Crippen LogP) is 3.00. The Morgan fingerprint density at radius 1 is 1.42 bits per heavy atom. The summed E-state index contributed by atoms with van der Waals surface area (Å²) in [5.41, 5.74) is 0.747. The van der Waals surface area contributed by atoms with Crippen molar-refractivity contribution in [2.45, 2.75) is 6.92 Å². The molecule has 7 nitrogen and oxygen atoms in total. The molecule has 1 aromatic carbocycles. The minimum absolute atomic E-state index is 0.143. The quantitative estimate of drug-likeness (QED) is 0.666. The van der Waals surface area contributed by atoms with E-state index in [-0.39, 0.29) is 11.4 Å². The van der Waals surface area contributed by atoms with Gasteiger partial charge in [-0.05, 0) is 18.6 Å². The number of hydrogen-bond acceptors (Lipinski definition) is 5. The zero-order valence-corrected chi connectivity index (χ0v) is 10.7. The second-order valence-electron chi connectivity index (χ2n) is 3.69. The van der Waals surface area contributed by atoms with Gasteiger partial charge in [-0.25, -0.2) is 9.78 Å². The SMILES string of the molecule is Cc1ccc(NC(=O)Nc2nccs2)c([N+](=O)[O-])c1. The van der Waals surface area contributed by atoms with Crippen molar-refractivity contribution in [1.82, 2.24) is 4.98 Å². The molecule has 2 N–H and O–H groups in total. The summed E-state index contributed by atoms with van der Waals surface area (Å²) in [6.07, 6.45) is 1.55. The maximum absolute atomic E-state index is 11.7. The van der Waals surface area contributed by atoms with Crippen LogP contribution >= 0.6 is 11.3 Å². The number of hydrogen-bond donors (Lipinski definition) is 2. The first-order chi connectivity index (χ1) is 9.06. The zero-order valence-electron chi connectivity index (χ0n) is 9.91. The number of benzene rings is 1. The predicted molar refractivity (Wildman–Crippen MR) is 72.6 cm³/mol. The molecule has 1 aromatic heterocycles. The molecule has 0 aliphatic heterocycles. The lowest BCUT2D eigenvalue weighted by atomic mass is 10.2. The summed E-state index contributed by atoms with van der Waals surface area (Å²) >= 11 is 1.26. The van der Waals surface area contributed by atoms with E-state index in [1.807, 2.05) is 0 Å². The summed E-state index contributed by atoms with van der Waals surface area (Å²) in [6, 6.07) is 4.02. The number of nitro benzene ring substituents is 1. The van der Waals surface area contributed by atoms with E-state index < -0.39 is 11.0 Å². The Hall–Kier alpha value is -2.48. The normalized spacial score (nSPS) is 9.95. The summed E-state index contributed by atoms with van der Waals surface area (Å²) < 4.78 is 0. The molecule has 98 valence electrons. The molecule has 19 heavy (non-hydrogen) atoms. The number of anilines is 2. The van der Waals surface area contributed by atoms with Gasteiger partial charge in [0.1, 0.15) is 5.69 Å². The number of thiazole rings is 1. The minimum atomic E-state index is -0.568. The van der Waals surface area contributed by atoms with Crippen molar-refractivity contribution in [3.05, 3.63) is 45.5 Å². The van der Waals surface area contributed by atoms with Crippen LogP contribution in [-0.2, 0) is 0 Å². The fourth-order valence-electron chi connectivity index (χ4n) is 1.43. The molecule has 0 bridgehead atoms. The maximum Gasteiger partial charge on any atom is 0.325 e. The molecule has 0 fully saturated rings. The first kappa shape index (κ1) is 13.0. The highest BCUT2D eigenvalue weighted by molar-refractivity contribution is 7.13. The van der Waals surface area contributed by atoms with Crippen LogP contribution in [0.5, 0.6) is 0 Å². The first-order valence-corrected chi connectivity index (χ1v) is 6.17. The van der Waals surface area contributed by atoms with Gasteiger partial charge in [0, 0.05) is 17.6 Å². The summed E-state index contributed by atoms with van der Waals surface area (Å²) in [4.78, 5) is 25.9. The molecule has 0 saturated heterocycles. The highest BCUT2D eigenvalue weighted by Gasteiger charge is 2.16. The second-order valence-corrected chi connectivity index (χ2v) is 4.59. The molecule has 0 aliphatic rings. The lowest BCUT2D eigenvalue weighted by Crippen LogP contribution is -2.19. The molecule has 0 spiro atoms. The molecule has 0 atom stereocenters. The van der Waals surface area contributed by atoms with E-state index in [4.69, 9.17) is 0 Å². The average Bonchev–Trinajstić information content (AvgIpc) is 2.83. The number of aromatic nitrogens is 1. The first-order valence-electron chi connectivity index (χ1n) is 5.29. The van der Waals surface area contributed by atoms with Gasteiger partial charge in [-0.2, -0.15) is 0 Å². The smallest absolute Gasteiger partial charge is 0.302 e. The van der Waals surface area contributed by atoms with Crippen molar-refractivity contribution < 1.29 is 9.72 Å². The zero-order chi connectivity index (χ0) is 13.8. The number of nitrogens with zero attached hydrogens (tertiary/aromatic N) is 2. The van der Waals surface area contributed by atoms with Crippen molar-refractivity contribution in [3.63, 3.8) is 0 Å². The van der Waals surface area contributed by atoms with Gasteiger partial charge in [0.15, 0.2) is 5.13 Å². The van der Waals surface area contributed by atoms with Crippen LogP contribution in [0, 0.1) is 17.0 Å². The summed E-state index contributed by atoms with van der Waals surface area (Å²) in [6.45, 7) is 1.74. The van der Waals surface area contributed by atoms with Crippen molar-refractivity contribution in [2.24, 2.45) is 0 Å². The van der Waals surface area contributed by atoms with Gasteiger partial charge >= 0.3 is 6.03 Å². The van der Waals surface area contributed by atoms with Crippen LogP contribution < -0.4 is 10.6 Å². The Labute approximate surface area is 112 Å². The number of nitrogens with one attached hydrogen (secondary N) is 2. The Bertz CT molecular complexity index is 612. The average molecular weight is 278 g/mol. The van der Waals surface area contributed by atoms with Gasteiger partial charge in [-0.3, -0.25) is 15.4 Å². The van der Waals surface area contributed by atoms with E-state index in [2.05, 4.69) is 15.6 Å². The molecule has 0 saturated carbocycles. The number of aryl methyl sites for hydroxylation is 1. The third-order valence-corrected chi connectivity index (χ3v) is 2.94. The Balaban J connectivity index is 2.14. The van der Waals surface area contributed by atoms with E-state index in [1.165, 1.54) is 23.5 Å².